The molecule has 7 heteroatoms. The number of fused-ring (bicyclic) bond motifs is 1. The minimum Gasteiger partial charge on any atom is -0.369 e. The SMILES string of the molecule is NC(=O)C1Cc2ccccc2N(CC(=O)Nc2cnccn2)C1. The Labute approximate surface area is 133 Å². The molecule has 23 heavy (non-hydrogen) atoms. The molecule has 3 N–H and O–H groups in total. The van der Waals surface area contributed by atoms with Crippen LogP contribution in [-0.2, 0) is 16.0 Å². The molecule has 1 aliphatic heterocycles. The molecule has 1 unspecified atom stereocenters. The van der Waals surface area contributed by atoms with Crippen LogP contribution < -0.4 is 16.0 Å². The lowest BCUT2D eigenvalue weighted by Crippen LogP contribution is -2.44. The summed E-state index contributed by atoms with van der Waals surface area (Å²) in [5.74, 6) is -0.465. The number of hydrogen-bond acceptors (Lipinski definition) is 5. The van der Waals surface area contributed by atoms with E-state index < -0.39 is 0 Å². The van der Waals surface area contributed by atoms with Crippen molar-refractivity contribution in [3.63, 3.8) is 0 Å². The second-order valence-electron chi connectivity index (χ2n) is 5.45. The average molecular weight is 311 g/mol. The molecule has 3 rings (SSSR count). The summed E-state index contributed by atoms with van der Waals surface area (Å²) < 4.78 is 0. The van der Waals surface area contributed by atoms with Crippen LogP contribution in [0.25, 0.3) is 0 Å². The first-order valence-electron chi connectivity index (χ1n) is 7.31. The summed E-state index contributed by atoms with van der Waals surface area (Å²) in [6, 6.07) is 7.73. The number of carbonyl (C=O) groups is 2. The van der Waals surface area contributed by atoms with Gasteiger partial charge in [0.15, 0.2) is 5.82 Å². The van der Waals surface area contributed by atoms with Gasteiger partial charge in [-0.1, -0.05) is 18.2 Å². The molecule has 1 aromatic carbocycles. The number of rotatable bonds is 4. The predicted octanol–water partition coefficient (Wildman–Crippen LogP) is 0.579. The van der Waals surface area contributed by atoms with E-state index in [0.29, 0.717) is 18.8 Å². The molecule has 0 radical (unpaired) electrons. The molecule has 0 spiro atoms. The van der Waals surface area contributed by atoms with Gasteiger partial charge < -0.3 is 16.0 Å². The van der Waals surface area contributed by atoms with Crippen molar-refractivity contribution in [1.29, 1.82) is 0 Å². The number of primary amides is 1. The van der Waals surface area contributed by atoms with E-state index in [1.807, 2.05) is 29.2 Å². The first-order valence-corrected chi connectivity index (χ1v) is 7.31. The molecule has 0 fully saturated rings. The van der Waals surface area contributed by atoms with Crippen LogP contribution in [0.15, 0.2) is 42.9 Å². The lowest BCUT2D eigenvalue weighted by Gasteiger charge is -2.34. The number of nitrogens with zero attached hydrogens (tertiary/aromatic N) is 3. The van der Waals surface area contributed by atoms with Gasteiger partial charge in [-0.15, -0.1) is 0 Å². The third kappa shape index (κ3) is 3.45. The fourth-order valence-corrected chi connectivity index (χ4v) is 2.75. The Morgan fingerprint density at radius 2 is 2.13 bits per heavy atom. The number of para-hydroxylation sites is 1. The third-order valence-corrected chi connectivity index (χ3v) is 3.81. The van der Waals surface area contributed by atoms with E-state index in [2.05, 4.69) is 15.3 Å². The zero-order valence-corrected chi connectivity index (χ0v) is 12.5. The Balaban J connectivity index is 1.75. The number of nitrogens with two attached hydrogens (primary N) is 1. The van der Waals surface area contributed by atoms with E-state index in [1.165, 1.54) is 18.6 Å². The molecule has 0 saturated heterocycles. The number of anilines is 2. The van der Waals surface area contributed by atoms with Crippen LogP contribution in [0.5, 0.6) is 0 Å². The number of nitrogens with one attached hydrogen (secondary N) is 1. The highest BCUT2D eigenvalue weighted by Crippen LogP contribution is 2.29. The minimum absolute atomic E-state index is 0.122. The summed E-state index contributed by atoms with van der Waals surface area (Å²) in [6.07, 6.45) is 5.13. The van der Waals surface area contributed by atoms with Gasteiger partial charge in [0.25, 0.3) is 0 Å². The van der Waals surface area contributed by atoms with Crippen molar-refractivity contribution in [2.24, 2.45) is 11.7 Å². The number of hydrogen-bond donors (Lipinski definition) is 2. The van der Waals surface area contributed by atoms with Crippen LogP contribution in [-0.4, -0.2) is 34.9 Å². The van der Waals surface area contributed by atoms with Gasteiger partial charge in [0.1, 0.15) is 0 Å². The standard InChI is InChI=1S/C16H17N5O2/c17-16(23)12-7-11-3-1-2-4-13(11)21(9-12)10-15(22)20-14-8-18-5-6-19-14/h1-6,8,12H,7,9-10H2,(H2,17,23)(H,19,20,22). The molecule has 1 aromatic heterocycles. The van der Waals surface area contributed by atoms with Crippen molar-refractivity contribution in [2.45, 2.75) is 6.42 Å². The van der Waals surface area contributed by atoms with Crippen molar-refractivity contribution in [3.8, 4) is 0 Å². The van der Waals surface area contributed by atoms with Crippen LogP contribution in [0, 0.1) is 5.92 Å². The second kappa shape index (κ2) is 6.43. The summed E-state index contributed by atoms with van der Waals surface area (Å²) in [7, 11) is 0. The maximum atomic E-state index is 12.2. The maximum Gasteiger partial charge on any atom is 0.245 e. The molecule has 2 aromatic rings. The summed E-state index contributed by atoms with van der Waals surface area (Å²) in [4.78, 5) is 33.6. The topological polar surface area (TPSA) is 101 Å². The monoisotopic (exact) mass is 311 g/mol. The summed E-state index contributed by atoms with van der Waals surface area (Å²) >= 11 is 0. The number of amides is 2. The van der Waals surface area contributed by atoms with E-state index in [0.717, 1.165) is 11.3 Å². The lowest BCUT2D eigenvalue weighted by atomic mass is 9.92. The fraction of sp³-hybridized carbons (Fsp3) is 0.250. The molecule has 118 valence electrons. The Kier molecular flexibility index (Phi) is 4.18. The molecule has 2 heterocycles. The predicted molar refractivity (Wildman–Crippen MR) is 85.7 cm³/mol. The van der Waals surface area contributed by atoms with Crippen molar-refractivity contribution in [2.75, 3.05) is 23.3 Å². The van der Waals surface area contributed by atoms with Crippen LogP contribution in [0.4, 0.5) is 11.5 Å². The number of carbonyl (C=O) groups excluding carboxylic acids is 2. The zero-order valence-electron chi connectivity index (χ0n) is 12.5. The fourth-order valence-electron chi connectivity index (χ4n) is 2.75. The molecule has 2 amide bonds. The number of benzene rings is 1. The van der Waals surface area contributed by atoms with Crippen LogP contribution >= 0.6 is 0 Å². The van der Waals surface area contributed by atoms with Crippen molar-refractivity contribution in [1.82, 2.24) is 9.97 Å². The normalized spacial score (nSPS) is 16.5. The maximum absolute atomic E-state index is 12.2. The number of aromatic nitrogens is 2. The molecular weight excluding hydrogens is 294 g/mol. The third-order valence-electron chi connectivity index (χ3n) is 3.81. The van der Waals surface area contributed by atoms with E-state index in [9.17, 15) is 9.59 Å². The second-order valence-corrected chi connectivity index (χ2v) is 5.45. The van der Waals surface area contributed by atoms with E-state index in [4.69, 9.17) is 5.73 Å². The lowest BCUT2D eigenvalue weighted by molar-refractivity contribution is -0.122. The van der Waals surface area contributed by atoms with E-state index in [-0.39, 0.29) is 24.3 Å². The highest BCUT2D eigenvalue weighted by molar-refractivity contribution is 5.93. The van der Waals surface area contributed by atoms with Crippen LogP contribution in [0.1, 0.15) is 5.56 Å². The Morgan fingerprint density at radius 3 is 2.87 bits per heavy atom. The Morgan fingerprint density at radius 1 is 1.30 bits per heavy atom. The minimum atomic E-state index is -0.348. The smallest absolute Gasteiger partial charge is 0.245 e. The van der Waals surface area contributed by atoms with Crippen LogP contribution in [0.3, 0.4) is 0 Å². The van der Waals surface area contributed by atoms with Gasteiger partial charge in [-0.05, 0) is 18.1 Å². The van der Waals surface area contributed by atoms with Crippen molar-refractivity contribution < 1.29 is 9.59 Å². The van der Waals surface area contributed by atoms with Gasteiger partial charge in [-0.2, -0.15) is 0 Å². The van der Waals surface area contributed by atoms with Gasteiger partial charge in [-0.25, -0.2) is 4.98 Å². The van der Waals surface area contributed by atoms with E-state index in [1.54, 1.807) is 0 Å². The first kappa shape index (κ1) is 15.0. The van der Waals surface area contributed by atoms with Gasteiger partial charge in [0.05, 0.1) is 18.7 Å². The Bertz CT molecular complexity index is 719. The first-order chi connectivity index (χ1) is 11.1. The summed E-state index contributed by atoms with van der Waals surface area (Å²) in [5, 5.41) is 2.69. The van der Waals surface area contributed by atoms with Gasteiger partial charge in [0.2, 0.25) is 11.8 Å². The zero-order chi connectivity index (χ0) is 16.2. The summed E-state index contributed by atoms with van der Waals surface area (Å²) in [5.41, 5.74) is 7.44. The largest absolute Gasteiger partial charge is 0.369 e. The van der Waals surface area contributed by atoms with E-state index >= 15 is 0 Å². The average Bonchev–Trinajstić information content (AvgIpc) is 2.55. The molecular formula is C16H17N5O2. The molecule has 0 bridgehead atoms. The van der Waals surface area contributed by atoms with Crippen LogP contribution in [0.2, 0.25) is 0 Å². The molecule has 0 aliphatic carbocycles. The van der Waals surface area contributed by atoms with Gasteiger partial charge in [-0.3, -0.25) is 14.6 Å². The van der Waals surface area contributed by atoms with Gasteiger partial charge in [0, 0.05) is 24.6 Å². The Hall–Kier alpha value is -2.96. The molecule has 0 saturated carbocycles. The van der Waals surface area contributed by atoms with Gasteiger partial charge >= 0.3 is 0 Å². The quantitative estimate of drug-likeness (QED) is 0.860. The highest BCUT2D eigenvalue weighted by Gasteiger charge is 2.28. The molecule has 1 atom stereocenters. The molecule has 1 aliphatic rings. The highest BCUT2D eigenvalue weighted by atomic mass is 16.2. The molecule has 7 nitrogen and oxygen atoms in total. The summed E-state index contributed by atoms with van der Waals surface area (Å²) in [6.45, 7) is 0.553. The van der Waals surface area contributed by atoms with Crippen molar-refractivity contribution >= 4 is 23.3 Å². The van der Waals surface area contributed by atoms with Crippen molar-refractivity contribution in [3.05, 3.63) is 48.4 Å².